The van der Waals surface area contributed by atoms with Gasteiger partial charge < -0.3 is 14.8 Å². The average Bonchev–Trinajstić information content (AvgIpc) is 2.56. The van der Waals surface area contributed by atoms with Gasteiger partial charge in [-0.1, -0.05) is 15.9 Å². The van der Waals surface area contributed by atoms with Gasteiger partial charge in [0.05, 0.1) is 17.5 Å². The molecule has 0 aliphatic carbocycles. The van der Waals surface area contributed by atoms with Gasteiger partial charge in [-0.3, -0.25) is 0 Å². The lowest BCUT2D eigenvalue weighted by molar-refractivity contribution is 0.303. The maximum Gasteiger partial charge on any atom is 0.126 e. The van der Waals surface area contributed by atoms with E-state index in [2.05, 4.69) is 42.7 Å². The Morgan fingerprint density at radius 2 is 2.46 bits per heavy atom. The molecule has 72 valence electrons. The Labute approximate surface area is 86.1 Å². The molecule has 4 nitrogen and oxygen atoms in total. The van der Waals surface area contributed by atoms with E-state index in [-0.39, 0.29) is 0 Å². The third kappa shape index (κ3) is 1.86. The fourth-order valence-electron chi connectivity index (χ4n) is 1.54. The van der Waals surface area contributed by atoms with Crippen molar-refractivity contribution in [2.24, 2.45) is 0 Å². The lowest BCUT2D eigenvalue weighted by Crippen LogP contribution is -2.49. The van der Waals surface area contributed by atoms with Crippen molar-refractivity contribution in [1.82, 2.24) is 14.9 Å². The van der Waals surface area contributed by atoms with Crippen molar-refractivity contribution in [3.05, 3.63) is 12.5 Å². The standard InChI is InChI=1S/C8H13BrN4/c1-12-2-3-13(7(9)5-12)8-4-10-6-11-8/h4,6-7H,2-3,5H2,1H3,(H,10,11). The van der Waals surface area contributed by atoms with Crippen molar-refractivity contribution >= 4 is 21.7 Å². The summed E-state index contributed by atoms with van der Waals surface area (Å²) in [5.74, 6) is 1.09. The topological polar surface area (TPSA) is 35.2 Å². The van der Waals surface area contributed by atoms with E-state index in [0.717, 1.165) is 25.5 Å². The first-order valence-corrected chi connectivity index (χ1v) is 5.26. The maximum absolute atomic E-state index is 4.02. The SMILES string of the molecule is CN1CCN(c2cnc[nH]2)C(Br)C1. The van der Waals surface area contributed by atoms with Gasteiger partial charge in [0.15, 0.2) is 0 Å². The Morgan fingerprint density at radius 1 is 1.62 bits per heavy atom. The second-order valence-electron chi connectivity index (χ2n) is 3.33. The zero-order valence-corrected chi connectivity index (χ0v) is 9.16. The van der Waals surface area contributed by atoms with Crippen LogP contribution in [0, 0.1) is 0 Å². The van der Waals surface area contributed by atoms with Crippen LogP contribution in [0.2, 0.25) is 0 Å². The largest absolute Gasteiger partial charge is 0.342 e. The molecule has 1 unspecified atom stereocenters. The van der Waals surface area contributed by atoms with Gasteiger partial charge in [-0.05, 0) is 7.05 Å². The van der Waals surface area contributed by atoms with E-state index in [1.807, 2.05) is 6.20 Å². The summed E-state index contributed by atoms with van der Waals surface area (Å²) in [5, 5.41) is 0. The summed E-state index contributed by atoms with van der Waals surface area (Å²) in [6, 6.07) is 0. The van der Waals surface area contributed by atoms with Gasteiger partial charge in [0.1, 0.15) is 5.82 Å². The molecule has 0 spiro atoms. The zero-order valence-electron chi connectivity index (χ0n) is 7.57. The van der Waals surface area contributed by atoms with Crippen molar-refractivity contribution < 1.29 is 0 Å². The number of alkyl halides is 1. The summed E-state index contributed by atoms with van der Waals surface area (Å²) in [5.41, 5.74) is 0. The van der Waals surface area contributed by atoms with Crippen LogP contribution >= 0.6 is 15.9 Å². The van der Waals surface area contributed by atoms with E-state index in [0.29, 0.717) is 4.95 Å². The van der Waals surface area contributed by atoms with E-state index >= 15 is 0 Å². The van der Waals surface area contributed by atoms with Crippen molar-refractivity contribution in [3.63, 3.8) is 0 Å². The molecule has 1 aliphatic heterocycles. The molecular formula is C8H13BrN4. The smallest absolute Gasteiger partial charge is 0.126 e. The molecule has 0 aromatic carbocycles. The van der Waals surface area contributed by atoms with E-state index in [1.54, 1.807) is 6.33 Å². The van der Waals surface area contributed by atoms with Crippen LogP contribution in [0.3, 0.4) is 0 Å². The first-order chi connectivity index (χ1) is 6.27. The van der Waals surface area contributed by atoms with Crippen molar-refractivity contribution in [3.8, 4) is 0 Å². The molecule has 0 amide bonds. The van der Waals surface area contributed by atoms with Crippen molar-refractivity contribution in [2.45, 2.75) is 4.95 Å². The van der Waals surface area contributed by atoms with Gasteiger partial charge in [-0.25, -0.2) is 4.98 Å². The van der Waals surface area contributed by atoms with Gasteiger partial charge in [-0.15, -0.1) is 0 Å². The minimum absolute atomic E-state index is 0.381. The summed E-state index contributed by atoms with van der Waals surface area (Å²) < 4.78 is 0. The van der Waals surface area contributed by atoms with Crippen LogP contribution in [-0.2, 0) is 0 Å². The predicted molar refractivity (Wildman–Crippen MR) is 56.1 cm³/mol. The predicted octanol–water partition coefficient (Wildman–Crippen LogP) is 0.883. The summed E-state index contributed by atoms with van der Waals surface area (Å²) in [4.78, 5) is 12.1. The molecular weight excluding hydrogens is 232 g/mol. The van der Waals surface area contributed by atoms with Crippen molar-refractivity contribution in [1.29, 1.82) is 0 Å². The third-order valence-corrected chi connectivity index (χ3v) is 3.10. The van der Waals surface area contributed by atoms with Gasteiger partial charge in [0.25, 0.3) is 0 Å². The number of piperazine rings is 1. The number of imidazole rings is 1. The highest BCUT2D eigenvalue weighted by atomic mass is 79.9. The number of aromatic nitrogens is 2. The number of likely N-dealkylation sites (N-methyl/N-ethyl adjacent to an activating group) is 1. The molecule has 1 fully saturated rings. The molecule has 2 heterocycles. The fourth-order valence-corrected chi connectivity index (χ4v) is 2.46. The first-order valence-electron chi connectivity index (χ1n) is 4.35. The highest BCUT2D eigenvalue weighted by Gasteiger charge is 2.23. The summed E-state index contributed by atoms with van der Waals surface area (Å²) >= 11 is 3.65. The number of anilines is 1. The summed E-state index contributed by atoms with van der Waals surface area (Å²) in [6.45, 7) is 3.18. The van der Waals surface area contributed by atoms with E-state index in [9.17, 15) is 0 Å². The number of rotatable bonds is 1. The highest BCUT2D eigenvalue weighted by molar-refractivity contribution is 9.09. The summed E-state index contributed by atoms with van der Waals surface area (Å²) in [7, 11) is 2.14. The third-order valence-electron chi connectivity index (χ3n) is 2.32. The van der Waals surface area contributed by atoms with E-state index < -0.39 is 0 Å². The van der Waals surface area contributed by atoms with Crippen molar-refractivity contribution in [2.75, 3.05) is 31.6 Å². The number of hydrogen-bond acceptors (Lipinski definition) is 3. The van der Waals surface area contributed by atoms with Crippen LogP contribution in [0.1, 0.15) is 0 Å². The van der Waals surface area contributed by atoms with Gasteiger partial charge in [0, 0.05) is 19.6 Å². The molecule has 1 atom stereocenters. The molecule has 5 heteroatoms. The Hall–Kier alpha value is -0.550. The number of aromatic amines is 1. The maximum atomic E-state index is 4.02. The van der Waals surface area contributed by atoms with Gasteiger partial charge >= 0.3 is 0 Å². The van der Waals surface area contributed by atoms with Crippen LogP contribution in [0.4, 0.5) is 5.82 Å². The van der Waals surface area contributed by atoms with Gasteiger partial charge in [-0.2, -0.15) is 0 Å². The second kappa shape index (κ2) is 3.67. The highest BCUT2D eigenvalue weighted by Crippen LogP contribution is 2.20. The normalized spacial score (nSPS) is 25.1. The molecule has 0 radical (unpaired) electrons. The fraction of sp³-hybridized carbons (Fsp3) is 0.625. The molecule has 1 aliphatic rings. The minimum Gasteiger partial charge on any atom is -0.342 e. The first kappa shape index (κ1) is 9.02. The lowest BCUT2D eigenvalue weighted by atomic mass is 10.3. The Kier molecular flexibility index (Phi) is 2.55. The van der Waals surface area contributed by atoms with Crippen LogP contribution < -0.4 is 4.90 Å². The number of nitrogens with one attached hydrogen (secondary N) is 1. The molecule has 1 aromatic heterocycles. The minimum atomic E-state index is 0.381. The molecule has 1 aromatic rings. The van der Waals surface area contributed by atoms with Crippen LogP contribution in [-0.4, -0.2) is 46.5 Å². The quantitative estimate of drug-likeness (QED) is 0.589. The number of H-pyrrole nitrogens is 1. The molecule has 2 rings (SSSR count). The van der Waals surface area contributed by atoms with Crippen LogP contribution in [0.15, 0.2) is 12.5 Å². The number of halogens is 1. The Bertz CT molecular complexity index is 261. The number of nitrogens with zero attached hydrogens (tertiary/aromatic N) is 3. The van der Waals surface area contributed by atoms with Gasteiger partial charge in [0.2, 0.25) is 0 Å². The van der Waals surface area contributed by atoms with Crippen LogP contribution in [0.5, 0.6) is 0 Å². The molecule has 0 saturated carbocycles. The Morgan fingerprint density at radius 3 is 3.08 bits per heavy atom. The lowest BCUT2D eigenvalue weighted by Gasteiger charge is -2.37. The molecule has 1 N–H and O–H groups in total. The second-order valence-corrected chi connectivity index (χ2v) is 4.38. The molecule has 0 bridgehead atoms. The van der Waals surface area contributed by atoms with Crippen LogP contribution in [0.25, 0.3) is 0 Å². The Balaban J connectivity index is 2.08. The van der Waals surface area contributed by atoms with E-state index in [4.69, 9.17) is 0 Å². The zero-order chi connectivity index (χ0) is 9.26. The molecule has 1 saturated heterocycles. The summed E-state index contributed by atoms with van der Waals surface area (Å²) in [6.07, 6.45) is 3.58. The number of hydrogen-bond donors (Lipinski definition) is 1. The van der Waals surface area contributed by atoms with E-state index in [1.165, 1.54) is 0 Å². The average molecular weight is 245 g/mol. The monoisotopic (exact) mass is 244 g/mol. The molecule has 13 heavy (non-hydrogen) atoms.